The summed E-state index contributed by atoms with van der Waals surface area (Å²) in [7, 11) is 0. The molecule has 1 aromatic rings. The first-order chi connectivity index (χ1) is 6.61. The molecule has 0 aliphatic carbocycles. The molecule has 0 bridgehead atoms. The van der Waals surface area contributed by atoms with Crippen molar-refractivity contribution in [2.75, 3.05) is 5.32 Å². The molecule has 0 unspecified atom stereocenters. The predicted molar refractivity (Wildman–Crippen MR) is 59.7 cm³/mol. The largest absolute Gasteiger partial charge is 0.321 e. The summed E-state index contributed by atoms with van der Waals surface area (Å²) < 4.78 is -0.250. The van der Waals surface area contributed by atoms with Crippen molar-refractivity contribution in [2.24, 2.45) is 0 Å². The van der Waals surface area contributed by atoms with Gasteiger partial charge in [0.25, 0.3) is 5.91 Å². The Kier molecular flexibility index (Phi) is 4.26. The molecule has 1 rings (SSSR count). The SMILES string of the molecule is O=C(Nc1ccccc1)C(Cl)=C(Cl)Cl. The van der Waals surface area contributed by atoms with Crippen LogP contribution in [0.2, 0.25) is 0 Å². The zero-order valence-electron chi connectivity index (χ0n) is 6.93. The van der Waals surface area contributed by atoms with Crippen LogP contribution in [-0.2, 0) is 4.79 Å². The molecule has 0 radical (unpaired) electrons. The van der Waals surface area contributed by atoms with Crippen LogP contribution in [0, 0.1) is 0 Å². The molecule has 0 spiro atoms. The van der Waals surface area contributed by atoms with Crippen LogP contribution in [0.4, 0.5) is 5.69 Å². The summed E-state index contributed by atoms with van der Waals surface area (Å²) in [4.78, 5) is 11.3. The van der Waals surface area contributed by atoms with Gasteiger partial charge in [-0.15, -0.1) is 0 Å². The molecule has 2 nitrogen and oxygen atoms in total. The van der Waals surface area contributed by atoms with Crippen molar-refractivity contribution in [2.45, 2.75) is 0 Å². The van der Waals surface area contributed by atoms with Crippen LogP contribution in [0.5, 0.6) is 0 Å². The van der Waals surface area contributed by atoms with E-state index in [4.69, 9.17) is 34.8 Å². The van der Waals surface area contributed by atoms with Crippen LogP contribution in [0.3, 0.4) is 0 Å². The van der Waals surface area contributed by atoms with Crippen molar-refractivity contribution >= 4 is 46.4 Å². The monoisotopic (exact) mass is 249 g/mol. The lowest BCUT2D eigenvalue weighted by Crippen LogP contribution is -2.11. The third-order valence-corrected chi connectivity index (χ3v) is 2.33. The quantitative estimate of drug-likeness (QED) is 0.800. The number of anilines is 1. The minimum Gasteiger partial charge on any atom is -0.321 e. The number of carbonyl (C=O) groups is 1. The van der Waals surface area contributed by atoms with E-state index in [-0.39, 0.29) is 9.52 Å². The van der Waals surface area contributed by atoms with Gasteiger partial charge in [-0.25, -0.2) is 0 Å². The topological polar surface area (TPSA) is 29.1 Å². The van der Waals surface area contributed by atoms with Gasteiger partial charge < -0.3 is 5.32 Å². The average Bonchev–Trinajstić information content (AvgIpc) is 2.18. The van der Waals surface area contributed by atoms with Gasteiger partial charge in [-0.2, -0.15) is 0 Å². The number of halogens is 3. The second-order valence-electron chi connectivity index (χ2n) is 2.39. The van der Waals surface area contributed by atoms with Gasteiger partial charge in [-0.05, 0) is 12.1 Å². The second kappa shape index (κ2) is 5.25. The second-order valence-corrected chi connectivity index (χ2v) is 3.72. The maximum Gasteiger partial charge on any atom is 0.269 e. The highest BCUT2D eigenvalue weighted by molar-refractivity contribution is 6.63. The molecule has 0 heterocycles. The fourth-order valence-corrected chi connectivity index (χ4v) is 1.01. The lowest BCUT2D eigenvalue weighted by atomic mass is 10.3. The lowest BCUT2D eigenvalue weighted by Gasteiger charge is -2.03. The van der Waals surface area contributed by atoms with E-state index in [9.17, 15) is 4.79 Å². The summed E-state index contributed by atoms with van der Waals surface area (Å²) in [6, 6.07) is 8.86. The zero-order valence-corrected chi connectivity index (χ0v) is 9.20. The Morgan fingerprint density at radius 1 is 1.07 bits per heavy atom. The maximum absolute atomic E-state index is 11.3. The summed E-state index contributed by atoms with van der Waals surface area (Å²) >= 11 is 16.2. The van der Waals surface area contributed by atoms with E-state index in [1.807, 2.05) is 6.07 Å². The number of hydrogen-bond acceptors (Lipinski definition) is 1. The van der Waals surface area contributed by atoms with Gasteiger partial charge >= 0.3 is 0 Å². The van der Waals surface area contributed by atoms with Crippen LogP contribution in [0.15, 0.2) is 39.9 Å². The van der Waals surface area contributed by atoms with Gasteiger partial charge in [0.1, 0.15) is 9.52 Å². The molecule has 1 aromatic carbocycles. The third kappa shape index (κ3) is 3.22. The first kappa shape index (κ1) is 11.4. The number of nitrogens with one attached hydrogen (secondary N) is 1. The molecule has 0 atom stereocenters. The van der Waals surface area contributed by atoms with Crippen molar-refractivity contribution < 1.29 is 4.79 Å². The average molecular weight is 251 g/mol. The Labute approximate surface area is 96.5 Å². The van der Waals surface area contributed by atoms with Crippen molar-refractivity contribution in [1.29, 1.82) is 0 Å². The molecule has 1 amide bonds. The van der Waals surface area contributed by atoms with Crippen LogP contribution in [-0.4, -0.2) is 5.91 Å². The van der Waals surface area contributed by atoms with Crippen LogP contribution in [0.1, 0.15) is 0 Å². The maximum atomic E-state index is 11.3. The smallest absolute Gasteiger partial charge is 0.269 e. The number of rotatable bonds is 2. The van der Waals surface area contributed by atoms with Gasteiger partial charge in [-0.1, -0.05) is 53.0 Å². The normalized spacial score (nSPS) is 9.36. The Bertz CT molecular complexity index is 358. The molecular weight excluding hydrogens is 244 g/mol. The van der Waals surface area contributed by atoms with E-state index in [0.29, 0.717) is 5.69 Å². The zero-order chi connectivity index (χ0) is 10.6. The summed E-state index contributed by atoms with van der Waals surface area (Å²) in [5.74, 6) is -0.530. The molecule has 0 aliphatic rings. The molecule has 0 fully saturated rings. The van der Waals surface area contributed by atoms with Crippen molar-refractivity contribution in [1.82, 2.24) is 0 Å². The Hall–Kier alpha value is -0.700. The molecule has 0 saturated heterocycles. The third-order valence-electron chi connectivity index (χ3n) is 1.40. The van der Waals surface area contributed by atoms with E-state index in [2.05, 4.69) is 5.32 Å². The first-order valence-electron chi connectivity index (χ1n) is 3.68. The van der Waals surface area contributed by atoms with E-state index in [1.54, 1.807) is 24.3 Å². The first-order valence-corrected chi connectivity index (χ1v) is 4.82. The molecule has 0 saturated carbocycles. The highest BCUT2D eigenvalue weighted by Gasteiger charge is 2.10. The number of carbonyl (C=O) groups excluding carboxylic acids is 1. The van der Waals surface area contributed by atoms with Crippen LogP contribution < -0.4 is 5.32 Å². The molecule has 14 heavy (non-hydrogen) atoms. The number of hydrogen-bond donors (Lipinski definition) is 1. The minimum atomic E-state index is -0.530. The predicted octanol–water partition coefficient (Wildman–Crippen LogP) is 3.51. The van der Waals surface area contributed by atoms with Gasteiger partial charge in [0.2, 0.25) is 0 Å². The minimum absolute atomic E-state index is 0.225. The van der Waals surface area contributed by atoms with Crippen LogP contribution in [0.25, 0.3) is 0 Å². The van der Waals surface area contributed by atoms with E-state index < -0.39 is 5.91 Å². The van der Waals surface area contributed by atoms with Gasteiger partial charge in [0.05, 0.1) is 0 Å². The summed E-state index contributed by atoms with van der Waals surface area (Å²) in [5.41, 5.74) is 0.630. The van der Waals surface area contributed by atoms with E-state index >= 15 is 0 Å². The van der Waals surface area contributed by atoms with E-state index in [1.165, 1.54) is 0 Å². The van der Waals surface area contributed by atoms with Crippen molar-refractivity contribution in [3.8, 4) is 0 Å². The fraction of sp³-hybridized carbons (Fsp3) is 0. The van der Waals surface area contributed by atoms with Gasteiger partial charge in [0, 0.05) is 5.69 Å². The summed E-state index contributed by atoms with van der Waals surface area (Å²) in [6.45, 7) is 0. The van der Waals surface area contributed by atoms with Gasteiger partial charge in [0.15, 0.2) is 0 Å². The number of amides is 1. The molecule has 5 heteroatoms. The fourth-order valence-electron chi connectivity index (χ4n) is 0.793. The molecular formula is C9H6Cl3NO. The Balaban J connectivity index is 2.72. The highest BCUT2D eigenvalue weighted by Crippen LogP contribution is 2.19. The van der Waals surface area contributed by atoms with Crippen LogP contribution >= 0.6 is 34.8 Å². The number of benzene rings is 1. The molecule has 0 aromatic heterocycles. The number of para-hydroxylation sites is 1. The van der Waals surface area contributed by atoms with Gasteiger partial charge in [-0.3, -0.25) is 4.79 Å². The standard InChI is InChI=1S/C9H6Cl3NO/c10-7(8(11)12)9(14)13-6-4-2-1-3-5-6/h1-5H,(H,13,14). The lowest BCUT2D eigenvalue weighted by molar-refractivity contribution is -0.112. The molecule has 1 N–H and O–H groups in total. The Morgan fingerprint density at radius 3 is 2.14 bits per heavy atom. The van der Waals surface area contributed by atoms with Crippen molar-refractivity contribution in [3.05, 3.63) is 39.9 Å². The molecule has 74 valence electrons. The van der Waals surface area contributed by atoms with E-state index in [0.717, 1.165) is 0 Å². The van der Waals surface area contributed by atoms with Crippen molar-refractivity contribution in [3.63, 3.8) is 0 Å². The highest BCUT2D eigenvalue weighted by atomic mass is 35.5. The summed E-state index contributed by atoms with van der Waals surface area (Å²) in [6.07, 6.45) is 0. The summed E-state index contributed by atoms with van der Waals surface area (Å²) in [5, 5.41) is 2.30. The molecule has 0 aliphatic heterocycles. The Morgan fingerprint density at radius 2 is 1.64 bits per heavy atom.